The van der Waals surface area contributed by atoms with Crippen LogP contribution in [0.15, 0.2) is 48.8 Å². The second kappa shape index (κ2) is 8.05. The summed E-state index contributed by atoms with van der Waals surface area (Å²) in [6.45, 7) is 2.43. The summed E-state index contributed by atoms with van der Waals surface area (Å²) in [5.41, 5.74) is 3.63. The fourth-order valence-corrected chi connectivity index (χ4v) is 3.94. The minimum Gasteiger partial charge on any atom is -0.487 e. The highest BCUT2D eigenvalue weighted by atomic mass is 16.5. The van der Waals surface area contributed by atoms with Gasteiger partial charge in [0.1, 0.15) is 18.0 Å². The molecule has 0 radical (unpaired) electrons. The number of amides is 1. The molecular formula is C23H27N3O2. The van der Waals surface area contributed by atoms with E-state index >= 15 is 0 Å². The molecule has 1 amide bonds. The zero-order valence-corrected chi connectivity index (χ0v) is 16.6. The Labute approximate surface area is 166 Å². The van der Waals surface area contributed by atoms with Crippen molar-refractivity contribution < 1.29 is 9.53 Å². The molecule has 1 fully saturated rings. The Morgan fingerprint density at radius 1 is 1.18 bits per heavy atom. The van der Waals surface area contributed by atoms with E-state index in [1.807, 2.05) is 65.1 Å². The van der Waals surface area contributed by atoms with Crippen molar-refractivity contribution in [3.8, 4) is 5.75 Å². The maximum atomic E-state index is 12.9. The number of hydrogen-bond donors (Lipinski definition) is 0. The van der Waals surface area contributed by atoms with Crippen LogP contribution in [-0.4, -0.2) is 33.3 Å². The number of carbonyl (C=O) groups excluding carboxylic acids is 1. The quantitative estimate of drug-likeness (QED) is 0.651. The van der Waals surface area contributed by atoms with Crippen molar-refractivity contribution >= 4 is 11.6 Å². The SMILES string of the molecule is Cc1ccc2nc(COc3cccc(C(=O)N(C)C4CCCCC4)c3)cn2c1. The summed E-state index contributed by atoms with van der Waals surface area (Å²) in [4.78, 5) is 19.4. The van der Waals surface area contributed by atoms with Crippen LogP contribution in [0.1, 0.15) is 53.7 Å². The molecule has 0 unspecified atom stereocenters. The van der Waals surface area contributed by atoms with Crippen LogP contribution in [0.5, 0.6) is 5.75 Å². The monoisotopic (exact) mass is 377 g/mol. The summed E-state index contributed by atoms with van der Waals surface area (Å²) >= 11 is 0. The van der Waals surface area contributed by atoms with E-state index in [-0.39, 0.29) is 5.91 Å². The lowest BCUT2D eigenvalue weighted by molar-refractivity contribution is 0.0695. The summed E-state index contributed by atoms with van der Waals surface area (Å²) in [5.74, 6) is 0.761. The molecule has 1 aliphatic carbocycles. The van der Waals surface area contributed by atoms with Gasteiger partial charge in [-0.1, -0.05) is 31.4 Å². The van der Waals surface area contributed by atoms with Gasteiger partial charge in [-0.25, -0.2) is 4.98 Å². The maximum Gasteiger partial charge on any atom is 0.253 e. The van der Waals surface area contributed by atoms with E-state index in [9.17, 15) is 4.79 Å². The Hall–Kier alpha value is -2.82. The maximum absolute atomic E-state index is 12.9. The largest absolute Gasteiger partial charge is 0.487 e. The molecule has 5 heteroatoms. The normalized spacial score (nSPS) is 14.9. The molecule has 4 rings (SSSR count). The van der Waals surface area contributed by atoms with Gasteiger partial charge >= 0.3 is 0 Å². The number of aryl methyl sites for hydroxylation is 1. The lowest BCUT2D eigenvalue weighted by Gasteiger charge is -2.31. The Kier molecular flexibility index (Phi) is 5.33. The van der Waals surface area contributed by atoms with E-state index in [0.717, 1.165) is 24.2 Å². The van der Waals surface area contributed by atoms with Crippen molar-refractivity contribution in [2.24, 2.45) is 0 Å². The average Bonchev–Trinajstić information content (AvgIpc) is 3.14. The highest BCUT2D eigenvalue weighted by Crippen LogP contribution is 2.24. The number of pyridine rings is 1. The predicted octanol–water partition coefficient (Wildman–Crippen LogP) is 4.63. The zero-order chi connectivity index (χ0) is 19.5. The van der Waals surface area contributed by atoms with Gasteiger partial charge in [-0.15, -0.1) is 0 Å². The van der Waals surface area contributed by atoms with E-state index in [4.69, 9.17) is 4.74 Å². The first-order valence-corrected chi connectivity index (χ1v) is 10.0. The number of imidazole rings is 1. The van der Waals surface area contributed by atoms with Gasteiger partial charge in [0.25, 0.3) is 5.91 Å². The molecule has 1 saturated carbocycles. The van der Waals surface area contributed by atoms with Gasteiger partial charge in [0.15, 0.2) is 0 Å². The second-order valence-corrected chi connectivity index (χ2v) is 7.73. The molecule has 5 nitrogen and oxygen atoms in total. The van der Waals surface area contributed by atoms with Gasteiger partial charge in [0, 0.05) is 31.0 Å². The van der Waals surface area contributed by atoms with Gasteiger partial charge in [0.05, 0.1) is 5.69 Å². The first kappa shape index (κ1) is 18.5. The fourth-order valence-electron chi connectivity index (χ4n) is 3.94. The molecule has 28 heavy (non-hydrogen) atoms. The predicted molar refractivity (Wildman–Crippen MR) is 110 cm³/mol. The molecule has 0 N–H and O–H groups in total. The molecular weight excluding hydrogens is 350 g/mol. The Morgan fingerprint density at radius 2 is 2.00 bits per heavy atom. The number of hydrogen-bond acceptors (Lipinski definition) is 3. The van der Waals surface area contributed by atoms with Crippen LogP contribution in [-0.2, 0) is 6.61 Å². The molecule has 0 spiro atoms. The molecule has 2 aromatic heterocycles. The van der Waals surface area contributed by atoms with Crippen LogP contribution >= 0.6 is 0 Å². The Balaban J connectivity index is 1.43. The Bertz CT molecular complexity index is 973. The number of rotatable bonds is 5. The van der Waals surface area contributed by atoms with E-state index in [1.54, 1.807) is 0 Å². The smallest absolute Gasteiger partial charge is 0.253 e. The molecule has 3 aromatic rings. The van der Waals surface area contributed by atoms with Crippen molar-refractivity contribution in [2.75, 3.05) is 7.05 Å². The van der Waals surface area contributed by atoms with Crippen LogP contribution in [0.25, 0.3) is 5.65 Å². The molecule has 0 bridgehead atoms. The standard InChI is InChI=1S/C23H27N3O2/c1-17-11-12-22-24-19(15-26(22)14-17)16-28-21-10-6-7-18(13-21)23(27)25(2)20-8-4-3-5-9-20/h6-7,10-15,20H,3-5,8-9,16H2,1-2H3. The van der Waals surface area contributed by atoms with E-state index in [0.29, 0.717) is 24.0 Å². The van der Waals surface area contributed by atoms with Crippen molar-refractivity contribution in [1.29, 1.82) is 0 Å². The van der Waals surface area contributed by atoms with E-state index < -0.39 is 0 Å². The van der Waals surface area contributed by atoms with Gasteiger partial charge in [-0.3, -0.25) is 4.79 Å². The molecule has 2 heterocycles. The first-order valence-electron chi connectivity index (χ1n) is 10.0. The van der Waals surface area contributed by atoms with E-state index in [1.165, 1.54) is 24.8 Å². The van der Waals surface area contributed by atoms with Crippen LogP contribution in [0.4, 0.5) is 0 Å². The Morgan fingerprint density at radius 3 is 2.82 bits per heavy atom. The second-order valence-electron chi connectivity index (χ2n) is 7.73. The van der Waals surface area contributed by atoms with Crippen molar-refractivity contribution in [2.45, 2.75) is 51.7 Å². The summed E-state index contributed by atoms with van der Waals surface area (Å²) in [5, 5.41) is 0. The molecule has 1 aliphatic rings. The number of benzene rings is 1. The summed E-state index contributed by atoms with van der Waals surface area (Å²) in [6.07, 6.45) is 9.94. The van der Waals surface area contributed by atoms with Gasteiger partial charge in [-0.05, 0) is 49.6 Å². The third-order valence-corrected chi connectivity index (χ3v) is 5.56. The summed E-state index contributed by atoms with van der Waals surface area (Å²) < 4.78 is 7.93. The highest BCUT2D eigenvalue weighted by molar-refractivity contribution is 5.94. The third kappa shape index (κ3) is 4.03. The van der Waals surface area contributed by atoms with E-state index in [2.05, 4.69) is 11.9 Å². The molecule has 0 atom stereocenters. The van der Waals surface area contributed by atoms with Crippen molar-refractivity contribution in [3.63, 3.8) is 0 Å². The summed E-state index contributed by atoms with van der Waals surface area (Å²) in [7, 11) is 1.92. The van der Waals surface area contributed by atoms with Gasteiger partial charge < -0.3 is 14.0 Å². The van der Waals surface area contributed by atoms with Crippen LogP contribution in [0, 0.1) is 6.92 Å². The molecule has 0 saturated heterocycles. The highest BCUT2D eigenvalue weighted by Gasteiger charge is 2.23. The molecule has 0 aliphatic heterocycles. The van der Waals surface area contributed by atoms with Crippen LogP contribution in [0.2, 0.25) is 0 Å². The summed E-state index contributed by atoms with van der Waals surface area (Å²) in [6, 6.07) is 11.9. The number of carbonyl (C=O) groups is 1. The minimum absolute atomic E-state index is 0.0700. The minimum atomic E-state index is 0.0700. The number of nitrogens with zero attached hydrogens (tertiary/aromatic N) is 3. The van der Waals surface area contributed by atoms with Crippen molar-refractivity contribution in [3.05, 3.63) is 65.6 Å². The van der Waals surface area contributed by atoms with Gasteiger partial charge in [0.2, 0.25) is 0 Å². The molecule has 146 valence electrons. The number of aromatic nitrogens is 2. The van der Waals surface area contributed by atoms with Gasteiger partial charge in [-0.2, -0.15) is 0 Å². The zero-order valence-electron chi connectivity index (χ0n) is 16.6. The lowest BCUT2D eigenvalue weighted by atomic mass is 9.94. The average molecular weight is 377 g/mol. The molecule has 1 aromatic carbocycles. The van der Waals surface area contributed by atoms with Crippen molar-refractivity contribution in [1.82, 2.24) is 14.3 Å². The third-order valence-electron chi connectivity index (χ3n) is 5.56. The topological polar surface area (TPSA) is 46.8 Å². The van der Waals surface area contributed by atoms with Crippen LogP contribution < -0.4 is 4.74 Å². The first-order chi connectivity index (χ1) is 13.6. The number of ether oxygens (including phenoxy) is 1. The number of fused-ring (bicyclic) bond motifs is 1. The lowest BCUT2D eigenvalue weighted by Crippen LogP contribution is -2.38. The fraction of sp³-hybridized carbons (Fsp3) is 0.391. The van der Waals surface area contributed by atoms with Crippen LogP contribution in [0.3, 0.4) is 0 Å².